The molecular formula is C54H70F2N4O4. The molecule has 2 amide bonds. The highest BCUT2D eigenvalue weighted by molar-refractivity contribution is 5.78. The van der Waals surface area contributed by atoms with E-state index >= 15 is 0 Å². The molecule has 0 spiro atoms. The molecule has 64 heavy (non-hydrogen) atoms. The Kier molecular flexibility index (Phi) is 9.69. The van der Waals surface area contributed by atoms with Crippen LogP contribution in [0.4, 0.5) is 20.2 Å². The Bertz CT molecular complexity index is 1990. The van der Waals surface area contributed by atoms with Crippen molar-refractivity contribution in [2.24, 2.45) is 47.3 Å². The molecule has 2 N–H and O–H groups in total. The molecule has 2 aromatic carbocycles. The van der Waals surface area contributed by atoms with Gasteiger partial charge in [0.1, 0.15) is 11.6 Å². The number of halogens is 2. The number of carbonyl (C=O) groups excluding carboxylic acids is 2. The molecule has 14 aliphatic rings. The second kappa shape index (κ2) is 15.1. The monoisotopic (exact) mass is 877 g/mol. The van der Waals surface area contributed by atoms with Crippen LogP contribution in [0.1, 0.15) is 140 Å². The highest BCUT2D eigenvalue weighted by atomic mass is 19.1. The molecule has 12 bridgehead atoms. The van der Waals surface area contributed by atoms with Gasteiger partial charge in [0, 0.05) is 73.6 Å². The Morgan fingerprint density at radius 2 is 0.875 bits per heavy atom. The second-order valence-electron chi connectivity index (χ2n) is 24.2. The summed E-state index contributed by atoms with van der Waals surface area (Å²) in [4.78, 5) is 36.8. The van der Waals surface area contributed by atoms with Gasteiger partial charge < -0.3 is 29.8 Å². The summed E-state index contributed by atoms with van der Waals surface area (Å²) in [6.07, 6.45) is 22.7. The van der Waals surface area contributed by atoms with Crippen molar-refractivity contribution in [1.29, 1.82) is 0 Å². The summed E-state index contributed by atoms with van der Waals surface area (Å²) in [6.45, 7) is 1.96. The van der Waals surface area contributed by atoms with Crippen LogP contribution in [0.2, 0.25) is 0 Å². The van der Waals surface area contributed by atoms with Crippen molar-refractivity contribution < 1.29 is 28.6 Å². The Hall–Kier alpha value is -3.24. The van der Waals surface area contributed by atoms with Gasteiger partial charge in [0.2, 0.25) is 11.8 Å². The van der Waals surface area contributed by atoms with Crippen molar-refractivity contribution in [2.75, 3.05) is 22.9 Å². The average molecular weight is 877 g/mol. The number of anilines is 2. The van der Waals surface area contributed by atoms with Gasteiger partial charge in [-0.15, -0.1) is 0 Å². The fraction of sp³-hybridized carbons (Fsp3) is 0.741. The first-order valence-electron chi connectivity index (χ1n) is 26.1. The molecule has 10 atom stereocenters. The second-order valence-corrected chi connectivity index (χ2v) is 24.2. The minimum Gasteiger partial charge on any atom is -0.390 e. The lowest BCUT2D eigenvalue weighted by Crippen LogP contribution is -2.56. The predicted molar refractivity (Wildman–Crippen MR) is 241 cm³/mol. The van der Waals surface area contributed by atoms with Gasteiger partial charge in [-0.3, -0.25) is 9.59 Å². The van der Waals surface area contributed by atoms with E-state index in [1.807, 2.05) is 12.1 Å². The summed E-state index contributed by atoms with van der Waals surface area (Å²) >= 11 is 0. The molecule has 10 heteroatoms. The molecular weight excluding hydrogens is 807 g/mol. The molecule has 4 saturated heterocycles. The first kappa shape index (κ1) is 41.0. The van der Waals surface area contributed by atoms with Crippen LogP contribution in [0.25, 0.3) is 0 Å². The molecule has 6 unspecified atom stereocenters. The van der Waals surface area contributed by atoms with Gasteiger partial charge in [0.15, 0.2) is 0 Å². The number of carbonyl (C=O) groups is 2. The lowest BCUT2D eigenvalue weighted by Gasteiger charge is -2.58. The predicted octanol–water partition coefficient (Wildman–Crippen LogP) is 8.58. The van der Waals surface area contributed by atoms with Crippen LogP contribution in [0.15, 0.2) is 36.4 Å². The van der Waals surface area contributed by atoms with Crippen LogP contribution < -0.4 is 9.80 Å². The van der Waals surface area contributed by atoms with E-state index < -0.39 is 11.2 Å². The summed E-state index contributed by atoms with van der Waals surface area (Å²) in [6, 6.07) is 12.9. The van der Waals surface area contributed by atoms with Crippen molar-refractivity contribution in [1.82, 2.24) is 9.80 Å². The number of rotatable bonds is 6. The van der Waals surface area contributed by atoms with Gasteiger partial charge in [0.05, 0.1) is 11.2 Å². The van der Waals surface area contributed by atoms with Crippen LogP contribution in [0.5, 0.6) is 0 Å². The van der Waals surface area contributed by atoms with Crippen LogP contribution in [-0.4, -0.2) is 92.4 Å². The zero-order chi connectivity index (χ0) is 43.2. The van der Waals surface area contributed by atoms with Crippen molar-refractivity contribution >= 4 is 23.2 Å². The Labute approximate surface area is 378 Å². The van der Waals surface area contributed by atoms with Crippen LogP contribution in [-0.2, 0) is 22.4 Å². The largest absolute Gasteiger partial charge is 0.390 e. The van der Waals surface area contributed by atoms with E-state index in [0.717, 1.165) is 127 Å². The molecule has 6 heterocycles. The lowest BCUT2D eigenvalue weighted by atomic mass is 9.49. The molecule has 8 nitrogen and oxygen atoms in total. The quantitative estimate of drug-likeness (QED) is 0.303. The van der Waals surface area contributed by atoms with Crippen molar-refractivity contribution in [3.05, 3.63) is 59.2 Å². The Balaban J connectivity index is 0.000000129. The maximum atomic E-state index is 13.7. The smallest absolute Gasteiger partial charge is 0.223 e. The van der Waals surface area contributed by atoms with E-state index in [2.05, 4.69) is 19.6 Å². The normalized spacial score (nSPS) is 43.8. The minimum absolute atomic E-state index is 0.136. The fourth-order valence-electron chi connectivity index (χ4n) is 18.6. The average Bonchev–Trinajstić information content (AvgIpc) is 3.99. The summed E-state index contributed by atoms with van der Waals surface area (Å²) in [7, 11) is 0. The number of fused-ring (bicyclic) bond motifs is 6. The molecule has 12 fully saturated rings. The maximum absolute atomic E-state index is 13.7. The number of benzene rings is 2. The van der Waals surface area contributed by atoms with Crippen molar-refractivity contribution in [2.45, 2.75) is 189 Å². The molecule has 0 aromatic heterocycles. The zero-order valence-corrected chi connectivity index (χ0v) is 37.8. The third kappa shape index (κ3) is 6.88. The molecule has 6 aliphatic heterocycles. The minimum atomic E-state index is -0.414. The highest BCUT2D eigenvalue weighted by Gasteiger charge is 2.57. The van der Waals surface area contributed by atoms with Crippen molar-refractivity contribution in [3.63, 3.8) is 0 Å². The van der Waals surface area contributed by atoms with E-state index in [-0.39, 0.29) is 11.6 Å². The lowest BCUT2D eigenvalue weighted by molar-refractivity contribution is -0.162. The van der Waals surface area contributed by atoms with Crippen LogP contribution in [0, 0.1) is 59.0 Å². The summed E-state index contributed by atoms with van der Waals surface area (Å²) in [5.74, 6) is 5.16. The highest BCUT2D eigenvalue weighted by Crippen LogP contribution is 2.61. The van der Waals surface area contributed by atoms with Gasteiger partial charge in [0.25, 0.3) is 0 Å². The molecule has 8 saturated carbocycles. The van der Waals surface area contributed by atoms with Gasteiger partial charge >= 0.3 is 0 Å². The number of nitrogens with zero attached hydrogens (tertiary/aromatic N) is 4. The first-order chi connectivity index (χ1) is 30.9. The van der Waals surface area contributed by atoms with Crippen LogP contribution >= 0.6 is 0 Å². The third-order valence-electron chi connectivity index (χ3n) is 20.5. The summed E-state index contributed by atoms with van der Waals surface area (Å²) < 4.78 is 27.3. The third-order valence-corrected chi connectivity index (χ3v) is 20.5. The Morgan fingerprint density at radius 3 is 1.22 bits per heavy atom. The van der Waals surface area contributed by atoms with E-state index in [1.54, 1.807) is 24.3 Å². The number of aliphatic hydroxyl groups is 2. The Morgan fingerprint density at radius 1 is 0.516 bits per heavy atom. The molecule has 16 rings (SSSR count). The van der Waals surface area contributed by atoms with Crippen LogP contribution in [0.3, 0.4) is 0 Å². The zero-order valence-electron chi connectivity index (χ0n) is 37.8. The molecule has 8 aliphatic carbocycles. The topological polar surface area (TPSA) is 87.6 Å². The number of hydrogen-bond donors (Lipinski definition) is 2. The van der Waals surface area contributed by atoms with E-state index in [0.29, 0.717) is 108 Å². The molecule has 344 valence electrons. The van der Waals surface area contributed by atoms with Gasteiger partial charge in [-0.25, -0.2) is 8.78 Å². The number of amides is 2. The molecule has 2 aromatic rings. The van der Waals surface area contributed by atoms with Gasteiger partial charge in [-0.2, -0.15) is 0 Å². The van der Waals surface area contributed by atoms with E-state index in [9.17, 15) is 28.6 Å². The van der Waals surface area contributed by atoms with E-state index in [4.69, 9.17) is 0 Å². The van der Waals surface area contributed by atoms with Crippen molar-refractivity contribution in [3.8, 4) is 0 Å². The maximum Gasteiger partial charge on any atom is 0.223 e. The standard InChI is InChI=1S/2C27H35FN2O2/c2*28-20-1-4-25-17(9-20)5-6-29(25)23-10-21-2-3-22(11-23)30(21)26(31)12-24-18-7-16-8-19(24)15-27(32,13-16)14-18/h2*1,4,9,16,18-19,21-24,32H,2-3,5-8,10-15H2/t2*16?,18?,19?,21-,22+,23?,24?,27?. The van der Waals surface area contributed by atoms with Gasteiger partial charge in [-0.05, 0) is 223 Å². The first-order valence-corrected chi connectivity index (χ1v) is 26.1. The van der Waals surface area contributed by atoms with Gasteiger partial charge in [-0.1, -0.05) is 0 Å². The SMILES string of the molecule is O=C(CC1C2CC3CC1CC(O)(C3)C2)N1[C@@H]2CC[C@H]1CC(N1CCc3cc(F)ccc31)C2.O=C(CC1C2CC3CC1CC(O)(C3)C2)N1[C@@H]2CC[C@H]1CC(N1CCc3cc(F)ccc31)C2. The number of piperidine rings is 2. The summed E-state index contributed by atoms with van der Waals surface area (Å²) in [5.41, 5.74) is 3.87. The molecule has 0 radical (unpaired) electrons. The van der Waals surface area contributed by atoms with E-state index in [1.165, 1.54) is 37.1 Å². The summed E-state index contributed by atoms with van der Waals surface area (Å²) in [5, 5.41) is 21.8. The number of hydrogen-bond acceptors (Lipinski definition) is 6. The fourth-order valence-corrected chi connectivity index (χ4v) is 18.6.